The molecule has 1 amide bonds. The fourth-order valence-electron chi connectivity index (χ4n) is 5.39. The molecule has 3 atom stereocenters. The molecule has 0 spiro atoms. The number of fused-ring (bicyclic) bond motifs is 1. The zero-order chi connectivity index (χ0) is 25.6. The predicted molar refractivity (Wildman–Crippen MR) is 134 cm³/mol. The summed E-state index contributed by atoms with van der Waals surface area (Å²) in [6.45, 7) is 8.84. The molecule has 1 saturated carbocycles. The molecule has 1 saturated heterocycles. The summed E-state index contributed by atoms with van der Waals surface area (Å²) in [5.74, 6) is 0.254. The van der Waals surface area contributed by atoms with Gasteiger partial charge in [0.05, 0.1) is 11.7 Å². The fraction of sp³-hybridized carbons (Fsp3) is 0.731. The van der Waals surface area contributed by atoms with Crippen LogP contribution in [0.3, 0.4) is 0 Å². The maximum atomic E-state index is 13.6. The third kappa shape index (κ3) is 5.40. The van der Waals surface area contributed by atoms with Gasteiger partial charge < -0.3 is 19.3 Å². The van der Waals surface area contributed by atoms with E-state index in [9.17, 15) is 14.7 Å². The van der Waals surface area contributed by atoms with Gasteiger partial charge in [-0.2, -0.15) is 11.8 Å². The lowest BCUT2D eigenvalue weighted by molar-refractivity contribution is -0.176. The monoisotopic (exact) mass is 506 g/mol. The third-order valence-electron chi connectivity index (χ3n) is 7.07. The number of carbonyl (C=O) groups excluding carboxylic acids is 1. The molecule has 1 aromatic heterocycles. The standard InChI is InChI=1S/C26H38N2O6S/c1-24(2,3)28(23(30)31)21(15-35-6)26(22(29)33-25(4,5)34-26)14-19-18-13-17(10-9-16-7-8-16)32-20(18)11-12-27-19/h11-12,16-17,21H,7-10,13-15H2,1-6H3,(H,30,31)/t17?,21?,26-/m1/s1. The minimum absolute atomic E-state index is 0.101. The van der Waals surface area contributed by atoms with Gasteiger partial charge in [0.2, 0.25) is 5.79 Å². The van der Waals surface area contributed by atoms with Crippen LogP contribution in [0.2, 0.25) is 0 Å². The van der Waals surface area contributed by atoms with Crippen LogP contribution in [0.25, 0.3) is 0 Å². The summed E-state index contributed by atoms with van der Waals surface area (Å²) in [4.78, 5) is 32.1. The van der Waals surface area contributed by atoms with Crippen molar-refractivity contribution in [1.82, 2.24) is 9.88 Å². The molecule has 4 rings (SSSR count). The summed E-state index contributed by atoms with van der Waals surface area (Å²) in [5.41, 5.74) is -0.615. The molecule has 0 radical (unpaired) electrons. The van der Waals surface area contributed by atoms with E-state index < -0.39 is 35.0 Å². The first-order chi connectivity index (χ1) is 16.4. The van der Waals surface area contributed by atoms with Crippen LogP contribution in [0.1, 0.15) is 71.6 Å². The molecular formula is C26H38N2O6S. The van der Waals surface area contributed by atoms with Gasteiger partial charge in [0, 0.05) is 49.7 Å². The summed E-state index contributed by atoms with van der Waals surface area (Å²) in [6, 6.07) is 1.09. The molecular weight excluding hydrogens is 468 g/mol. The van der Waals surface area contributed by atoms with Crippen molar-refractivity contribution in [3.63, 3.8) is 0 Å². The molecule has 0 bridgehead atoms. The van der Waals surface area contributed by atoms with E-state index in [2.05, 4.69) is 4.98 Å². The second-order valence-corrected chi connectivity index (χ2v) is 12.4. The van der Waals surface area contributed by atoms with Gasteiger partial charge in [0.15, 0.2) is 5.60 Å². The van der Waals surface area contributed by atoms with Gasteiger partial charge >= 0.3 is 12.1 Å². The van der Waals surface area contributed by atoms with Gasteiger partial charge in [0.25, 0.3) is 0 Å². The number of pyridine rings is 1. The molecule has 1 N–H and O–H groups in total. The number of cyclic esters (lactones) is 1. The average Bonchev–Trinajstić information content (AvgIpc) is 3.41. The predicted octanol–water partition coefficient (Wildman–Crippen LogP) is 4.68. The second kappa shape index (κ2) is 9.47. The molecule has 2 unspecified atom stereocenters. The van der Waals surface area contributed by atoms with E-state index in [0.717, 1.165) is 30.1 Å². The quantitative estimate of drug-likeness (QED) is 0.482. The molecule has 1 aliphatic carbocycles. The van der Waals surface area contributed by atoms with Crippen LogP contribution in [-0.2, 0) is 27.1 Å². The summed E-state index contributed by atoms with van der Waals surface area (Å²) in [7, 11) is 0. The van der Waals surface area contributed by atoms with Crippen LogP contribution in [0.4, 0.5) is 4.79 Å². The van der Waals surface area contributed by atoms with Crippen molar-refractivity contribution in [2.24, 2.45) is 5.92 Å². The molecule has 0 aromatic carbocycles. The normalized spacial score (nSPS) is 26.1. The molecule has 3 aliphatic rings. The molecule has 8 nitrogen and oxygen atoms in total. The minimum atomic E-state index is -1.54. The van der Waals surface area contributed by atoms with Crippen molar-refractivity contribution >= 4 is 23.8 Å². The van der Waals surface area contributed by atoms with E-state index in [4.69, 9.17) is 14.2 Å². The van der Waals surface area contributed by atoms with E-state index >= 15 is 0 Å². The lowest BCUT2D eigenvalue weighted by Gasteiger charge is -2.45. The van der Waals surface area contributed by atoms with Gasteiger partial charge in [-0.25, -0.2) is 9.59 Å². The van der Waals surface area contributed by atoms with E-state index in [-0.39, 0.29) is 12.5 Å². The van der Waals surface area contributed by atoms with Gasteiger partial charge in [0.1, 0.15) is 11.9 Å². The fourth-order valence-corrected chi connectivity index (χ4v) is 6.12. The molecule has 2 fully saturated rings. The summed E-state index contributed by atoms with van der Waals surface area (Å²) in [6.07, 6.45) is 8.23. The Morgan fingerprint density at radius 2 is 2.03 bits per heavy atom. The Morgan fingerprint density at radius 3 is 2.57 bits per heavy atom. The van der Waals surface area contributed by atoms with Crippen LogP contribution in [0.5, 0.6) is 5.75 Å². The zero-order valence-corrected chi connectivity index (χ0v) is 22.4. The SMILES string of the molecule is CSCC(N(C(=O)O)C(C)(C)C)[C@@]1(Cc2nccc3c2CC(CCC2CC2)O3)OC(C)(C)OC1=O. The summed E-state index contributed by atoms with van der Waals surface area (Å²) >= 11 is 1.47. The number of aromatic nitrogens is 1. The number of thioether (sulfide) groups is 1. The van der Waals surface area contributed by atoms with Crippen LogP contribution in [-0.4, -0.2) is 68.1 Å². The molecule has 2 aliphatic heterocycles. The first-order valence-corrected chi connectivity index (χ1v) is 13.8. The number of amides is 1. The number of carbonyl (C=O) groups is 2. The largest absolute Gasteiger partial charge is 0.490 e. The highest BCUT2D eigenvalue weighted by molar-refractivity contribution is 7.98. The Kier molecular flexibility index (Phi) is 7.05. The molecule has 3 heterocycles. The van der Waals surface area contributed by atoms with Gasteiger partial charge in [-0.1, -0.05) is 12.8 Å². The number of ether oxygens (including phenoxy) is 3. The number of hydrogen-bond acceptors (Lipinski definition) is 7. The first-order valence-electron chi connectivity index (χ1n) is 12.4. The highest BCUT2D eigenvalue weighted by atomic mass is 32.2. The topological polar surface area (TPSA) is 98.2 Å². The van der Waals surface area contributed by atoms with E-state index in [1.165, 1.54) is 35.9 Å². The average molecular weight is 507 g/mol. The number of nitrogens with zero attached hydrogens (tertiary/aromatic N) is 2. The number of esters is 1. The van der Waals surface area contributed by atoms with E-state index in [1.54, 1.807) is 20.0 Å². The number of rotatable bonds is 9. The van der Waals surface area contributed by atoms with Crippen molar-refractivity contribution < 1.29 is 28.9 Å². The zero-order valence-electron chi connectivity index (χ0n) is 21.6. The smallest absolute Gasteiger partial charge is 0.408 e. The van der Waals surface area contributed by atoms with E-state index in [0.29, 0.717) is 11.4 Å². The lowest BCUT2D eigenvalue weighted by Crippen LogP contribution is -2.65. The first kappa shape index (κ1) is 26.1. The molecule has 1 aromatic rings. The molecule has 35 heavy (non-hydrogen) atoms. The van der Waals surface area contributed by atoms with Crippen LogP contribution in [0.15, 0.2) is 12.3 Å². The van der Waals surface area contributed by atoms with Crippen molar-refractivity contribution in [1.29, 1.82) is 0 Å². The Morgan fingerprint density at radius 1 is 1.31 bits per heavy atom. The Hall–Kier alpha value is -2.00. The van der Waals surface area contributed by atoms with Crippen molar-refractivity contribution in [2.45, 2.75) is 102 Å². The summed E-state index contributed by atoms with van der Waals surface area (Å²) in [5, 5.41) is 10.2. The Balaban J connectivity index is 1.72. The van der Waals surface area contributed by atoms with Crippen molar-refractivity contribution in [2.75, 3.05) is 12.0 Å². The van der Waals surface area contributed by atoms with Crippen molar-refractivity contribution in [3.8, 4) is 5.75 Å². The maximum Gasteiger partial charge on any atom is 0.408 e. The summed E-state index contributed by atoms with van der Waals surface area (Å²) < 4.78 is 18.3. The number of hydrogen-bond donors (Lipinski definition) is 1. The third-order valence-corrected chi connectivity index (χ3v) is 7.72. The van der Waals surface area contributed by atoms with Gasteiger partial charge in [-0.05, 0) is 51.9 Å². The Labute approximate surface area is 212 Å². The van der Waals surface area contributed by atoms with Crippen LogP contribution < -0.4 is 4.74 Å². The van der Waals surface area contributed by atoms with E-state index in [1.807, 2.05) is 33.1 Å². The van der Waals surface area contributed by atoms with Crippen LogP contribution >= 0.6 is 11.8 Å². The maximum absolute atomic E-state index is 13.6. The van der Waals surface area contributed by atoms with Gasteiger partial charge in [-0.15, -0.1) is 0 Å². The molecule has 9 heteroatoms. The second-order valence-electron chi connectivity index (χ2n) is 11.5. The highest BCUT2D eigenvalue weighted by Crippen LogP contribution is 2.44. The highest BCUT2D eigenvalue weighted by Gasteiger charge is 2.62. The lowest BCUT2D eigenvalue weighted by atomic mass is 9.85. The minimum Gasteiger partial charge on any atom is -0.490 e. The number of carboxylic acid groups (broad SMARTS) is 1. The Bertz CT molecular complexity index is 973. The van der Waals surface area contributed by atoms with Crippen LogP contribution in [0, 0.1) is 5.92 Å². The molecule has 194 valence electrons. The van der Waals surface area contributed by atoms with Crippen molar-refractivity contribution in [3.05, 3.63) is 23.5 Å². The van der Waals surface area contributed by atoms with Gasteiger partial charge in [-0.3, -0.25) is 9.88 Å².